The van der Waals surface area contributed by atoms with Gasteiger partial charge in [0.15, 0.2) is 0 Å². The lowest BCUT2D eigenvalue weighted by molar-refractivity contribution is 0.146. The van der Waals surface area contributed by atoms with Crippen LogP contribution in [-0.2, 0) is 4.74 Å². The molecule has 1 aromatic carbocycles. The van der Waals surface area contributed by atoms with E-state index >= 15 is 0 Å². The lowest BCUT2D eigenvalue weighted by Gasteiger charge is -2.13. The third-order valence-corrected chi connectivity index (χ3v) is 3.05. The Balaban J connectivity index is 2.36. The van der Waals surface area contributed by atoms with Gasteiger partial charge in [0, 0.05) is 24.9 Å². The lowest BCUT2D eigenvalue weighted by Crippen LogP contribution is -2.06. The number of methoxy groups -OCH3 is 1. The molecule has 0 spiro atoms. The molecule has 110 valence electrons. The molecule has 5 nitrogen and oxygen atoms in total. The third kappa shape index (κ3) is 3.61. The van der Waals surface area contributed by atoms with E-state index in [0.29, 0.717) is 24.5 Å². The van der Waals surface area contributed by atoms with Crippen molar-refractivity contribution >= 4 is 0 Å². The highest BCUT2D eigenvalue weighted by Crippen LogP contribution is 2.27. The monoisotopic (exact) mass is 285 g/mol. The standard InChI is InChI=1S/C16H19N3O2/c1-12(2)19-16(4-5-18-19)14-8-13(11-17)9-15(10-14)21-7-6-20-3/h4-5,8-10,12H,6-7H2,1-3H3. The lowest BCUT2D eigenvalue weighted by atomic mass is 10.1. The summed E-state index contributed by atoms with van der Waals surface area (Å²) in [6.45, 7) is 5.10. The fraction of sp³-hybridized carbons (Fsp3) is 0.375. The maximum atomic E-state index is 9.18. The molecule has 1 heterocycles. The van der Waals surface area contributed by atoms with E-state index in [2.05, 4.69) is 25.0 Å². The van der Waals surface area contributed by atoms with E-state index in [-0.39, 0.29) is 6.04 Å². The number of nitrogens with zero attached hydrogens (tertiary/aromatic N) is 3. The molecule has 0 fully saturated rings. The second-order valence-electron chi connectivity index (χ2n) is 4.95. The molecule has 0 aliphatic carbocycles. The van der Waals surface area contributed by atoms with Crippen molar-refractivity contribution in [3.8, 4) is 23.1 Å². The average molecular weight is 285 g/mol. The zero-order valence-corrected chi connectivity index (χ0v) is 12.5. The van der Waals surface area contributed by atoms with Crippen LogP contribution in [-0.4, -0.2) is 30.1 Å². The Kier molecular flexibility index (Phi) is 4.96. The average Bonchev–Trinajstić information content (AvgIpc) is 2.97. The summed E-state index contributed by atoms with van der Waals surface area (Å²) in [4.78, 5) is 0. The fourth-order valence-electron chi connectivity index (χ4n) is 2.09. The van der Waals surface area contributed by atoms with E-state index in [1.165, 1.54) is 0 Å². The molecule has 0 saturated heterocycles. The summed E-state index contributed by atoms with van der Waals surface area (Å²) < 4.78 is 12.5. The van der Waals surface area contributed by atoms with Crippen LogP contribution in [0.15, 0.2) is 30.5 Å². The summed E-state index contributed by atoms with van der Waals surface area (Å²) in [6, 6.07) is 9.86. The van der Waals surface area contributed by atoms with Gasteiger partial charge in [-0.05, 0) is 38.1 Å². The Morgan fingerprint density at radius 2 is 2.10 bits per heavy atom. The van der Waals surface area contributed by atoms with Gasteiger partial charge in [-0.1, -0.05) is 0 Å². The van der Waals surface area contributed by atoms with Gasteiger partial charge in [-0.2, -0.15) is 10.4 Å². The first-order valence-electron chi connectivity index (χ1n) is 6.86. The molecule has 21 heavy (non-hydrogen) atoms. The van der Waals surface area contributed by atoms with Crippen LogP contribution in [0.5, 0.6) is 5.75 Å². The minimum atomic E-state index is 0.249. The Labute approximate surface area is 124 Å². The number of nitriles is 1. The zero-order chi connectivity index (χ0) is 15.2. The van der Waals surface area contributed by atoms with Gasteiger partial charge in [-0.25, -0.2) is 0 Å². The van der Waals surface area contributed by atoms with Crippen molar-refractivity contribution in [3.63, 3.8) is 0 Å². The summed E-state index contributed by atoms with van der Waals surface area (Å²) in [5, 5.41) is 13.5. The Hall–Kier alpha value is -2.32. The Morgan fingerprint density at radius 1 is 1.29 bits per heavy atom. The van der Waals surface area contributed by atoms with Crippen molar-refractivity contribution in [1.82, 2.24) is 9.78 Å². The van der Waals surface area contributed by atoms with Gasteiger partial charge in [0.1, 0.15) is 12.4 Å². The quantitative estimate of drug-likeness (QED) is 0.765. The molecular weight excluding hydrogens is 266 g/mol. The van der Waals surface area contributed by atoms with E-state index < -0.39 is 0 Å². The van der Waals surface area contributed by atoms with Gasteiger partial charge < -0.3 is 9.47 Å². The summed E-state index contributed by atoms with van der Waals surface area (Å²) in [6.07, 6.45) is 1.76. The normalized spacial score (nSPS) is 10.6. The summed E-state index contributed by atoms with van der Waals surface area (Å²) in [5.41, 5.74) is 2.46. The summed E-state index contributed by atoms with van der Waals surface area (Å²) in [7, 11) is 1.63. The molecule has 0 aliphatic heterocycles. The molecule has 0 amide bonds. The largest absolute Gasteiger partial charge is 0.491 e. The van der Waals surface area contributed by atoms with Crippen molar-refractivity contribution in [2.24, 2.45) is 0 Å². The fourth-order valence-corrected chi connectivity index (χ4v) is 2.09. The first-order chi connectivity index (χ1) is 10.2. The summed E-state index contributed by atoms with van der Waals surface area (Å²) >= 11 is 0. The Bertz CT molecular complexity index is 641. The van der Waals surface area contributed by atoms with Crippen molar-refractivity contribution in [2.45, 2.75) is 19.9 Å². The minimum Gasteiger partial charge on any atom is -0.491 e. The van der Waals surface area contributed by atoms with Crippen LogP contribution < -0.4 is 4.74 Å². The van der Waals surface area contributed by atoms with Gasteiger partial charge in [0.05, 0.1) is 23.9 Å². The molecular formula is C16H19N3O2. The van der Waals surface area contributed by atoms with Crippen molar-refractivity contribution < 1.29 is 9.47 Å². The van der Waals surface area contributed by atoms with Crippen LogP contribution >= 0.6 is 0 Å². The van der Waals surface area contributed by atoms with E-state index in [1.54, 1.807) is 19.4 Å². The maximum Gasteiger partial charge on any atom is 0.121 e. The van der Waals surface area contributed by atoms with Crippen LogP contribution in [0.2, 0.25) is 0 Å². The van der Waals surface area contributed by atoms with Crippen LogP contribution in [0.4, 0.5) is 0 Å². The van der Waals surface area contributed by atoms with Gasteiger partial charge in [0.2, 0.25) is 0 Å². The second-order valence-corrected chi connectivity index (χ2v) is 4.95. The predicted molar refractivity (Wildman–Crippen MR) is 80.1 cm³/mol. The molecule has 0 saturated carbocycles. The minimum absolute atomic E-state index is 0.249. The topological polar surface area (TPSA) is 60.1 Å². The third-order valence-electron chi connectivity index (χ3n) is 3.05. The number of hydrogen-bond donors (Lipinski definition) is 0. The second kappa shape index (κ2) is 6.91. The first-order valence-corrected chi connectivity index (χ1v) is 6.86. The first kappa shape index (κ1) is 15.1. The van der Waals surface area contributed by atoms with Crippen LogP contribution in [0.1, 0.15) is 25.5 Å². The molecule has 0 radical (unpaired) electrons. The molecule has 0 aliphatic rings. The summed E-state index contributed by atoms with van der Waals surface area (Å²) in [5.74, 6) is 0.664. The number of aromatic nitrogens is 2. The predicted octanol–water partition coefficient (Wildman–Crippen LogP) is 3.03. The molecule has 2 rings (SSSR count). The van der Waals surface area contributed by atoms with Gasteiger partial charge >= 0.3 is 0 Å². The number of benzene rings is 1. The highest BCUT2D eigenvalue weighted by molar-refractivity contribution is 5.64. The maximum absolute atomic E-state index is 9.18. The smallest absolute Gasteiger partial charge is 0.121 e. The molecule has 0 N–H and O–H groups in total. The molecule has 0 bridgehead atoms. The van der Waals surface area contributed by atoms with Crippen molar-refractivity contribution in [1.29, 1.82) is 5.26 Å². The molecule has 5 heteroatoms. The van der Waals surface area contributed by atoms with Crippen LogP contribution in [0.25, 0.3) is 11.3 Å². The van der Waals surface area contributed by atoms with Gasteiger partial charge in [-0.3, -0.25) is 4.68 Å². The highest BCUT2D eigenvalue weighted by Gasteiger charge is 2.11. The van der Waals surface area contributed by atoms with Crippen molar-refractivity contribution in [2.75, 3.05) is 20.3 Å². The number of hydrogen-bond acceptors (Lipinski definition) is 4. The van der Waals surface area contributed by atoms with E-state index in [0.717, 1.165) is 11.3 Å². The molecule has 1 aromatic heterocycles. The van der Waals surface area contributed by atoms with Gasteiger partial charge in [0.25, 0.3) is 0 Å². The SMILES string of the molecule is COCCOc1cc(C#N)cc(-c2ccnn2C(C)C)c1. The zero-order valence-electron chi connectivity index (χ0n) is 12.5. The van der Waals surface area contributed by atoms with E-state index in [1.807, 2.05) is 22.9 Å². The highest BCUT2D eigenvalue weighted by atomic mass is 16.5. The van der Waals surface area contributed by atoms with Crippen LogP contribution in [0, 0.1) is 11.3 Å². The molecule has 2 aromatic rings. The Morgan fingerprint density at radius 3 is 2.76 bits per heavy atom. The van der Waals surface area contributed by atoms with E-state index in [4.69, 9.17) is 9.47 Å². The number of rotatable bonds is 6. The number of ether oxygens (including phenoxy) is 2. The van der Waals surface area contributed by atoms with Crippen molar-refractivity contribution in [3.05, 3.63) is 36.0 Å². The van der Waals surface area contributed by atoms with Gasteiger partial charge in [-0.15, -0.1) is 0 Å². The van der Waals surface area contributed by atoms with Crippen LogP contribution in [0.3, 0.4) is 0 Å². The van der Waals surface area contributed by atoms with E-state index in [9.17, 15) is 5.26 Å². The molecule has 0 unspecified atom stereocenters. The molecule has 0 atom stereocenters.